The molecule has 0 saturated carbocycles. The van der Waals surface area contributed by atoms with Gasteiger partial charge in [-0.2, -0.15) is 23.0 Å². The minimum Gasteiger partial charge on any atom is -0.373 e. The van der Waals surface area contributed by atoms with Gasteiger partial charge in [-0.25, -0.2) is 0 Å². The summed E-state index contributed by atoms with van der Waals surface area (Å²) in [7, 11) is 1.07. The van der Waals surface area contributed by atoms with E-state index in [0.29, 0.717) is 0 Å². The summed E-state index contributed by atoms with van der Waals surface area (Å²) in [5, 5.41) is 4.40. The molecule has 15 heavy (non-hydrogen) atoms. The van der Waals surface area contributed by atoms with E-state index in [0.717, 1.165) is 7.05 Å². The molecule has 0 fully saturated rings. The number of nitrogens with zero attached hydrogens (tertiary/aromatic N) is 2. The van der Waals surface area contributed by atoms with Crippen molar-refractivity contribution in [3.8, 4) is 0 Å². The molecule has 1 rings (SSSR count). The highest BCUT2D eigenvalue weighted by Crippen LogP contribution is 2.33. The van der Waals surface area contributed by atoms with Crippen molar-refractivity contribution in [3.63, 3.8) is 0 Å². The number of halogens is 6. The van der Waals surface area contributed by atoms with Gasteiger partial charge in [0.25, 0.3) is 0 Å². The number of nitrogens with one attached hydrogen (secondary N) is 1. The first-order valence-electron chi connectivity index (χ1n) is 3.58. The standard InChI is InChI=1S/C6H5F6N3/c1-13-4-2-3(5(7,8)9)14-15(4)6(10,11)12/h2,13H,1H3. The molecule has 0 atom stereocenters. The van der Waals surface area contributed by atoms with E-state index in [1.165, 1.54) is 0 Å². The van der Waals surface area contributed by atoms with Crippen molar-refractivity contribution in [2.45, 2.75) is 12.5 Å². The molecule has 1 aromatic heterocycles. The first-order chi connectivity index (χ1) is 6.66. The quantitative estimate of drug-likeness (QED) is 0.755. The number of anilines is 1. The maximum Gasteiger partial charge on any atom is 0.506 e. The molecule has 1 heterocycles. The molecule has 0 aliphatic heterocycles. The number of hydrogen-bond donors (Lipinski definition) is 1. The maximum atomic E-state index is 12.1. The smallest absolute Gasteiger partial charge is 0.373 e. The summed E-state index contributed by atoms with van der Waals surface area (Å²) in [6.45, 7) is 0. The molecule has 0 bridgehead atoms. The Labute approximate surface area is 79.7 Å². The molecule has 0 unspecified atom stereocenters. The van der Waals surface area contributed by atoms with Gasteiger partial charge >= 0.3 is 12.5 Å². The molecule has 0 spiro atoms. The Kier molecular flexibility index (Phi) is 2.58. The minimum absolute atomic E-state index is 0.285. The SMILES string of the molecule is CNc1cc(C(F)(F)F)nn1C(F)(F)F. The highest BCUT2D eigenvalue weighted by atomic mass is 19.4. The van der Waals surface area contributed by atoms with Crippen LogP contribution in [0.15, 0.2) is 6.07 Å². The van der Waals surface area contributed by atoms with Crippen LogP contribution in [-0.2, 0) is 12.5 Å². The first-order valence-corrected chi connectivity index (χ1v) is 3.58. The van der Waals surface area contributed by atoms with Crippen LogP contribution < -0.4 is 5.32 Å². The van der Waals surface area contributed by atoms with Crippen molar-refractivity contribution in [2.24, 2.45) is 0 Å². The highest BCUT2D eigenvalue weighted by Gasteiger charge is 2.40. The van der Waals surface area contributed by atoms with Crippen LogP contribution in [0, 0.1) is 0 Å². The Bertz CT molecular complexity index is 349. The Morgan fingerprint density at radius 1 is 1.20 bits per heavy atom. The molecule has 1 aromatic rings. The van der Waals surface area contributed by atoms with Gasteiger partial charge in [-0.3, -0.25) is 0 Å². The minimum atomic E-state index is -4.98. The lowest BCUT2D eigenvalue weighted by Gasteiger charge is -2.09. The second-order valence-corrected chi connectivity index (χ2v) is 2.54. The van der Waals surface area contributed by atoms with Gasteiger partial charge in [-0.1, -0.05) is 0 Å². The van der Waals surface area contributed by atoms with Gasteiger partial charge in [0.2, 0.25) is 0 Å². The Morgan fingerprint density at radius 2 is 1.73 bits per heavy atom. The van der Waals surface area contributed by atoms with Crippen molar-refractivity contribution < 1.29 is 26.3 Å². The third-order valence-electron chi connectivity index (χ3n) is 1.50. The van der Waals surface area contributed by atoms with Crippen LogP contribution in [0.3, 0.4) is 0 Å². The van der Waals surface area contributed by atoms with E-state index in [1.807, 2.05) is 5.32 Å². The molecule has 3 nitrogen and oxygen atoms in total. The van der Waals surface area contributed by atoms with E-state index >= 15 is 0 Å². The highest BCUT2D eigenvalue weighted by molar-refractivity contribution is 5.37. The zero-order valence-electron chi connectivity index (χ0n) is 7.24. The molecule has 0 amide bonds. The summed E-state index contributed by atoms with van der Waals surface area (Å²) >= 11 is 0. The van der Waals surface area contributed by atoms with Gasteiger partial charge in [0, 0.05) is 13.1 Å². The largest absolute Gasteiger partial charge is 0.506 e. The summed E-state index contributed by atoms with van der Waals surface area (Å²) in [6.07, 6.45) is -9.88. The third kappa shape index (κ3) is 2.34. The third-order valence-corrected chi connectivity index (χ3v) is 1.50. The van der Waals surface area contributed by atoms with Gasteiger partial charge in [0.05, 0.1) is 0 Å². The van der Waals surface area contributed by atoms with Crippen LogP contribution in [0.1, 0.15) is 5.69 Å². The molecular weight excluding hydrogens is 228 g/mol. The summed E-state index contributed by atoms with van der Waals surface area (Å²) in [6, 6.07) is 0.285. The maximum absolute atomic E-state index is 12.1. The van der Waals surface area contributed by atoms with Crippen LogP contribution in [0.4, 0.5) is 32.2 Å². The normalized spacial score (nSPS) is 13.0. The van der Waals surface area contributed by atoms with Crippen LogP contribution in [0.5, 0.6) is 0 Å². The van der Waals surface area contributed by atoms with Crippen molar-refractivity contribution in [1.82, 2.24) is 9.78 Å². The first kappa shape index (κ1) is 11.7. The van der Waals surface area contributed by atoms with Crippen LogP contribution in [-0.4, -0.2) is 16.8 Å². The second-order valence-electron chi connectivity index (χ2n) is 2.54. The summed E-state index contributed by atoms with van der Waals surface area (Å²) < 4.78 is 71.8. The summed E-state index contributed by atoms with van der Waals surface area (Å²) in [4.78, 5) is 0. The van der Waals surface area contributed by atoms with Crippen molar-refractivity contribution in [1.29, 1.82) is 0 Å². The van der Waals surface area contributed by atoms with Gasteiger partial charge < -0.3 is 5.32 Å². The Hall–Kier alpha value is -1.41. The van der Waals surface area contributed by atoms with Crippen LogP contribution >= 0.6 is 0 Å². The number of alkyl halides is 6. The molecule has 0 aliphatic carbocycles. The number of hydrogen-bond acceptors (Lipinski definition) is 2. The molecule has 9 heteroatoms. The van der Waals surface area contributed by atoms with E-state index in [4.69, 9.17) is 0 Å². The van der Waals surface area contributed by atoms with Gasteiger partial charge in [-0.05, 0) is 0 Å². The molecule has 0 aromatic carbocycles. The van der Waals surface area contributed by atoms with E-state index in [-0.39, 0.29) is 6.07 Å². The second kappa shape index (κ2) is 3.31. The Balaban J connectivity index is 3.24. The fourth-order valence-corrected chi connectivity index (χ4v) is 0.891. The van der Waals surface area contributed by atoms with Crippen molar-refractivity contribution >= 4 is 5.82 Å². The van der Waals surface area contributed by atoms with Crippen LogP contribution in [0.2, 0.25) is 0 Å². The molecule has 0 saturated heterocycles. The fourth-order valence-electron chi connectivity index (χ4n) is 0.891. The topological polar surface area (TPSA) is 29.9 Å². The molecule has 86 valence electrons. The summed E-state index contributed by atoms with van der Waals surface area (Å²) in [5.74, 6) is -0.769. The van der Waals surface area contributed by atoms with E-state index in [1.54, 1.807) is 0 Å². The fraction of sp³-hybridized carbons (Fsp3) is 0.500. The average Bonchev–Trinajstić information content (AvgIpc) is 2.44. The zero-order valence-corrected chi connectivity index (χ0v) is 7.24. The van der Waals surface area contributed by atoms with Gasteiger partial charge in [-0.15, -0.1) is 13.2 Å². The van der Waals surface area contributed by atoms with E-state index in [9.17, 15) is 26.3 Å². The predicted molar refractivity (Wildman–Crippen MR) is 38.1 cm³/mol. The zero-order chi connectivity index (χ0) is 11.9. The lowest BCUT2D eigenvalue weighted by Crippen LogP contribution is -2.21. The molecule has 0 radical (unpaired) electrons. The van der Waals surface area contributed by atoms with Gasteiger partial charge in [0.15, 0.2) is 5.69 Å². The summed E-state index contributed by atoms with van der Waals surface area (Å²) in [5.41, 5.74) is -1.59. The van der Waals surface area contributed by atoms with E-state index in [2.05, 4.69) is 5.10 Å². The molecular formula is C6H5F6N3. The van der Waals surface area contributed by atoms with Crippen molar-refractivity contribution in [2.75, 3.05) is 12.4 Å². The van der Waals surface area contributed by atoms with Gasteiger partial charge in [0.1, 0.15) is 5.82 Å². The molecule has 1 N–H and O–H groups in total. The lowest BCUT2D eigenvalue weighted by molar-refractivity contribution is -0.212. The monoisotopic (exact) mass is 233 g/mol. The average molecular weight is 233 g/mol. The van der Waals surface area contributed by atoms with E-state index < -0.39 is 28.7 Å². The lowest BCUT2D eigenvalue weighted by atomic mass is 10.4. The number of aromatic nitrogens is 2. The van der Waals surface area contributed by atoms with Crippen molar-refractivity contribution in [3.05, 3.63) is 11.8 Å². The predicted octanol–water partition coefficient (Wildman–Crippen LogP) is 2.42. The Morgan fingerprint density at radius 3 is 2.00 bits per heavy atom. The van der Waals surface area contributed by atoms with Crippen LogP contribution in [0.25, 0.3) is 0 Å². The number of rotatable bonds is 1. The molecule has 0 aliphatic rings.